The van der Waals surface area contributed by atoms with Crippen molar-refractivity contribution in [3.63, 3.8) is 0 Å². The number of rotatable bonds is 7. The van der Waals surface area contributed by atoms with Crippen molar-refractivity contribution in [2.24, 2.45) is 11.8 Å². The smallest absolute Gasteiger partial charge is 0.418 e. The third-order valence-electron chi connectivity index (χ3n) is 9.53. The summed E-state index contributed by atoms with van der Waals surface area (Å²) in [5.41, 5.74) is 7.20. The van der Waals surface area contributed by atoms with Crippen molar-refractivity contribution < 1.29 is 22.7 Å². The fourth-order valence-electron chi connectivity index (χ4n) is 7.13. The van der Waals surface area contributed by atoms with Gasteiger partial charge in [-0.1, -0.05) is 13.5 Å². The summed E-state index contributed by atoms with van der Waals surface area (Å²) in [5, 5.41) is 0. The molecule has 0 bridgehead atoms. The molecule has 2 aromatic rings. The Morgan fingerprint density at radius 1 is 1.25 bits per heavy atom. The minimum absolute atomic E-state index is 0.0278. The van der Waals surface area contributed by atoms with Gasteiger partial charge in [-0.25, -0.2) is 4.98 Å². The molecule has 0 saturated carbocycles. The van der Waals surface area contributed by atoms with Crippen molar-refractivity contribution in [2.45, 2.75) is 70.5 Å². The number of anilines is 2. The van der Waals surface area contributed by atoms with Gasteiger partial charge in [0.05, 0.1) is 16.8 Å². The largest absolute Gasteiger partial charge is 0.461 e. The van der Waals surface area contributed by atoms with Crippen molar-refractivity contribution in [2.75, 3.05) is 57.0 Å². The fraction of sp³-hybridized carbons (Fsp3) is 0.625. The van der Waals surface area contributed by atoms with Crippen LogP contribution in [0.25, 0.3) is 0 Å². The van der Waals surface area contributed by atoms with Gasteiger partial charge >= 0.3 is 12.2 Å². The zero-order valence-electron chi connectivity index (χ0n) is 26.0. The molecule has 0 spiro atoms. The van der Waals surface area contributed by atoms with Crippen LogP contribution < -0.4 is 15.4 Å². The number of nitrogens with zero attached hydrogens (tertiary/aromatic N) is 6. The van der Waals surface area contributed by atoms with Crippen LogP contribution in [-0.4, -0.2) is 82.6 Å². The second-order valence-corrected chi connectivity index (χ2v) is 12.9. The van der Waals surface area contributed by atoms with Crippen LogP contribution in [0.4, 0.5) is 24.8 Å². The van der Waals surface area contributed by atoms with E-state index in [1.54, 1.807) is 0 Å². The minimum atomic E-state index is -4.34. The van der Waals surface area contributed by atoms with E-state index in [4.69, 9.17) is 20.4 Å². The highest BCUT2D eigenvalue weighted by Gasteiger charge is 2.45. The Morgan fingerprint density at radius 3 is 2.59 bits per heavy atom. The lowest BCUT2D eigenvalue weighted by Gasteiger charge is -2.41. The lowest BCUT2D eigenvalue weighted by molar-refractivity contribution is -0.138. The standard InChI is InChI=1S/C25H37N5O2.C7H7F3N2/c1-4-22(31)29-15-19(16-29)14-28(3)23-20-13-18(2)7-8-21(20)26-24(27-23)32-17-25-9-5-11-30(25)12-6-10-25;1-4-2-6(11)12-3-5(4)7(8,9)10/h4,18-19H,1,5-17H2,2-3H3;2-3H,1H3,(H2,11,12). The van der Waals surface area contributed by atoms with Crippen LogP contribution in [-0.2, 0) is 23.8 Å². The van der Waals surface area contributed by atoms with E-state index in [0.717, 1.165) is 44.5 Å². The van der Waals surface area contributed by atoms with Gasteiger partial charge in [0, 0.05) is 44.4 Å². The summed E-state index contributed by atoms with van der Waals surface area (Å²) >= 11 is 0. The van der Waals surface area contributed by atoms with Crippen molar-refractivity contribution >= 4 is 17.5 Å². The highest BCUT2D eigenvalue weighted by Crippen LogP contribution is 2.39. The number of fused-ring (bicyclic) bond motifs is 2. The molecule has 1 amide bonds. The Morgan fingerprint density at radius 2 is 1.95 bits per heavy atom. The summed E-state index contributed by atoms with van der Waals surface area (Å²) in [7, 11) is 2.12. The third kappa shape index (κ3) is 6.95. The number of carbonyl (C=O) groups excluding carboxylic acids is 1. The monoisotopic (exact) mass is 615 g/mol. The molecule has 2 N–H and O–H groups in total. The van der Waals surface area contributed by atoms with Crippen LogP contribution in [0.2, 0.25) is 0 Å². The number of amides is 1. The number of ether oxygens (including phenoxy) is 1. The maximum atomic E-state index is 12.1. The maximum Gasteiger partial charge on any atom is 0.418 e. The summed E-state index contributed by atoms with van der Waals surface area (Å²) in [6.45, 7) is 12.8. The van der Waals surface area contributed by atoms with Gasteiger partial charge in [0.15, 0.2) is 0 Å². The third-order valence-corrected chi connectivity index (χ3v) is 9.53. The first kappa shape index (κ1) is 32.0. The molecule has 5 heterocycles. The van der Waals surface area contributed by atoms with Crippen LogP contribution in [0.3, 0.4) is 0 Å². The zero-order valence-corrected chi connectivity index (χ0v) is 26.0. The molecule has 12 heteroatoms. The van der Waals surface area contributed by atoms with Crippen LogP contribution in [0, 0.1) is 18.8 Å². The summed E-state index contributed by atoms with van der Waals surface area (Å²) in [5.74, 6) is 2.26. The van der Waals surface area contributed by atoms with Gasteiger partial charge in [0.25, 0.3) is 0 Å². The average molecular weight is 616 g/mol. The van der Waals surface area contributed by atoms with Gasteiger partial charge in [-0.05, 0) is 88.6 Å². The normalized spacial score (nSPS) is 21.0. The van der Waals surface area contributed by atoms with E-state index in [2.05, 4.69) is 35.3 Å². The van der Waals surface area contributed by atoms with Gasteiger partial charge in [-0.3, -0.25) is 9.69 Å². The first-order valence-electron chi connectivity index (χ1n) is 15.6. The van der Waals surface area contributed by atoms with Crippen LogP contribution in [0.5, 0.6) is 6.01 Å². The number of hydrogen-bond acceptors (Lipinski definition) is 8. The molecule has 1 atom stereocenters. The first-order chi connectivity index (χ1) is 20.9. The lowest BCUT2D eigenvalue weighted by Crippen LogP contribution is -2.53. The zero-order chi connectivity index (χ0) is 31.6. The lowest BCUT2D eigenvalue weighted by atomic mass is 9.88. The SMILES string of the molecule is C=CC(=O)N1CC(CN(C)c2nc(OCC34CCCN3CCC4)nc3c2CC(C)CC3)C1.Cc1cc(N)ncc1C(F)(F)F. The molecule has 0 aromatic carbocycles. The molecule has 3 fully saturated rings. The number of hydrogen-bond donors (Lipinski definition) is 1. The molecule has 3 saturated heterocycles. The van der Waals surface area contributed by atoms with Crippen molar-refractivity contribution in [3.8, 4) is 6.01 Å². The van der Waals surface area contributed by atoms with E-state index >= 15 is 0 Å². The molecular formula is C32H44F3N7O2. The second-order valence-electron chi connectivity index (χ2n) is 12.9. The topological polar surface area (TPSA) is 101 Å². The molecule has 9 nitrogen and oxygen atoms in total. The van der Waals surface area contributed by atoms with Gasteiger partial charge in [0.1, 0.15) is 18.2 Å². The number of pyridine rings is 1. The highest BCUT2D eigenvalue weighted by molar-refractivity contribution is 5.87. The van der Waals surface area contributed by atoms with E-state index < -0.39 is 11.7 Å². The van der Waals surface area contributed by atoms with Gasteiger partial charge in [0.2, 0.25) is 5.91 Å². The Balaban J connectivity index is 0.000000270. The van der Waals surface area contributed by atoms with Gasteiger partial charge in [-0.2, -0.15) is 23.1 Å². The number of nitrogens with two attached hydrogens (primary N) is 1. The number of halogens is 3. The predicted molar refractivity (Wildman–Crippen MR) is 163 cm³/mol. The number of carbonyl (C=O) groups is 1. The maximum absolute atomic E-state index is 12.1. The Hall–Kier alpha value is -3.41. The number of aryl methyl sites for hydroxylation is 2. The van der Waals surface area contributed by atoms with Crippen molar-refractivity contribution in [1.82, 2.24) is 24.8 Å². The molecule has 1 aliphatic carbocycles. The van der Waals surface area contributed by atoms with Crippen LogP contribution >= 0.6 is 0 Å². The van der Waals surface area contributed by atoms with Crippen molar-refractivity contribution in [1.29, 1.82) is 0 Å². The fourth-order valence-corrected chi connectivity index (χ4v) is 7.13. The minimum Gasteiger partial charge on any atom is -0.461 e. The highest BCUT2D eigenvalue weighted by atomic mass is 19.4. The van der Waals surface area contributed by atoms with E-state index in [1.165, 1.54) is 75.5 Å². The Labute approximate surface area is 257 Å². The molecule has 44 heavy (non-hydrogen) atoms. The molecule has 3 aliphatic heterocycles. The summed E-state index contributed by atoms with van der Waals surface area (Å²) in [6, 6.07) is 1.74. The number of aromatic nitrogens is 3. The quantitative estimate of drug-likeness (QED) is 0.449. The van der Waals surface area contributed by atoms with Crippen LogP contribution in [0.15, 0.2) is 24.9 Å². The molecule has 0 radical (unpaired) electrons. The van der Waals surface area contributed by atoms with Crippen LogP contribution in [0.1, 0.15) is 61.4 Å². The van der Waals surface area contributed by atoms with E-state index in [1.807, 2.05) is 4.90 Å². The molecule has 1 unspecified atom stereocenters. The van der Waals surface area contributed by atoms with Crippen molar-refractivity contribution in [3.05, 3.63) is 47.3 Å². The summed E-state index contributed by atoms with van der Waals surface area (Å²) in [4.78, 5) is 31.7. The summed E-state index contributed by atoms with van der Waals surface area (Å²) < 4.78 is 42.6. The molecule has 2 aromatic heterocycles. The number of likely N-dealkylation sites (tertiary alicyclic amines) is 1. The van der Waals surface area contributed by atoms with E-state index in [-0.39, 0.29) is 22.8 Å². The molecule has 6 rings (SSSR count). The molecule has 4 aliphatic rings. The molecule has 240 valence electrons. The Bertz CT molecular complexity index is 1350. The van der Waals surface area contributed by atoms with E-state index in [0.29, 0.717) is 24.5 Å². The number of alkyl halides is 3. The Kier molecular flexibility index (Phi) is 9.38. The second kappa shape index (κ2) is 12.9. The molecular weight excluding hydrogens is 571 g/mol. The average Bonchev–Trinajstić information content (AvgIpc) is 3.53. The predicted octanol–water partition coefficient (Wildman–Crippen LogP) is 4.68. The number of nitrogen functional groups attached to an aromatic ring is 1. The van der Waals surface area contributed by atoms with E-state index in [9.17, 15) is 18.0 Å². The van der Waals surface area contributed by atoms with Gasteiger partial charge in [-0.15, -0.1) is 0 Å². The first-order valence-corrected chi connectivity index (χ1v) is 15.6. The van der Waals surface area contributed by atoms with Gasteiger partial charge < -0.3 is 20.3 Å². The summed E-state index contributed by atoms with van der Waals surface area (Å²) in [6.07, 6.45) is 5.99.